The number of hydrogen-bond donors (Lipinski definition) is 1. The molecule has 0 aromatic carbocycles. The SMILES string of the molecule is COCCN(CCCN)C(=O)c1c(C)oc(C)c1C. The molecule has 0 unspecified atom stereocenters. The van der Waals surface area contributed by atoms with Crippen LogP contribution in [0.4, 0.5) is 0 Å². The molecule has 0 saturated heterocycles. The van der Waals surface area contributed by atoms with E-state index in [1.54, 1.807) is 12.0 Å². The molecule has 108 valence electrons. The summed E-state index contributed by atoms with van der Waals surface area (Å²) < 4.78 is 10.6. The van der Waals surface area contributed by atoms with Crippen LogP contribution in [0.15, 0.2) is 4.42 Å². The van der Waals surface area contributed by atoms with Crippen molar-refractivity contribution in [1.82, 2.24) is 4.90 Å². The summed E-state index contributed by atoms with van der Waals surface area (Å²) in [5.74, 6) is 1.47. The first-order valence-corrected chi connectivity index (χ1v) is 6.57. The minimum atomic E-state index is -0.00245. The molecule has 0 bridgehead atoms. The Kier molecular flexibility index (Phi) is 6.05. The van der Waals surface area contributed by atoms with Crippen molar-refractivity contribution in [3.8, 4) is 0 Å². The van der Waals surface area contributed by atoms with E-state index in [1.807, 2.05) is 20.8 Å². The lowest BCUT2D eigenvalue weighted by atomic mass is 10.1. The Hall–Kier alpha value is -1.33. The van der Waals surface area contributed by atoms with Crippen LogP contribution in [0.25, 0.3) is 0 Å². The third-order valence-electron chi connectivity index (χ3n) is 3.26. The predicted molar refractivity (Wildman–Crippen MR) is 74.4 cm³/mol. The van der Waals surface area contributed by atoms with Crippen molar-refractivity contribution < 1.29 is 13.9 Å². The first-order chi connectivity index (χ1) is 9.02. The highest BCUT2D eigenvalue weighted by atomic mass is 16.5. The van der Waals surface area contributed by atoms with Gasteiger partial charge in [0.25, 0.3) is 5.91 Å². The summed E-state index contributed by atoms with van der Waals surface area (Å²) in [4.78, 5) is 14.4. The van der Waals surface area contributed by atoms with Crippen molar-refractivity contribution >= 4 is 5.91 Å². The molecule has 0 spiro atoms. The van der Waals surface area contributed by atoms with E-state index < -0.39 is 0 Å². The van der Waals surface area contributed by atoms with Crippen LogP contribution < -0.4 is 5.73 Å². The van der Waals surface area contributed by atoms with Gasteiger partial charge in [-0.15, -0.1) is 0 Å². The van der Waals surface area contributed by atoms with Gasteiger partial charge in [-0.05, 0) is 33.7 Å². The van der Waals surface area contributed by atoms with Crippen LogP contribution in [0, 0.1) is 20.8 Å². The monoisotopic (exact) mass is 268 g/mol. The van der Waals surface area contributed by atoms with E-state index in [0.29, 0.717) is 37.6 Å². The smallest absolute Gasteiger partial charge is 0.257 e. The first kappa shape index (κ1) is 15.7. The van der Waals surface area contributed by atoms with E-state index in [2.05, 4.69) is 0 Å². The Morgan fingerprint density at radius 1 is 1.26 bits per heavy atom. The number of carbonyl (C=O) groups is 1. The first-order valence-electron chi connectivity index (χ1n) is 6.57. The van der Waals surface area contributed by atoms with E-state index in [1.165, 1.54) is 0 Å². The van der Waals surface area contributed by atoms with Gasteiger partial charge in [-0.1, -0.05) is 0 Å². The topological polar surface area (TPSA) is 68.7 Å². The predicted octanol–water partition coefficient (Wildman–Crippen LogP) is 1.64. The molecule has 0 radical (unpaired) electrons. The molecule has 1 rings (SSSR count). The quantitative estimate of drug-likeness (QED) is 0.816. The third-order valence-corrected chi connectivity index (χ3v) is 3.26. The number of nitrogens with zero attached hydrogens (tertiary/aromatic N) is 1. The van der Waals surface area contributed by atoms with Crippen LogP contribution in [0.5, 0.6) is 0 Å². The molecule has 1 amide bonds. The Labute approximate surface area is 114 Å². The second kappa shape index (κ2) is 7.31. The zero-order valence-corrected chi connectivity index (χ0v) is 12.3. The molecule has 19 heavy (non-hydrogen) atoms. The number of rotatable bonds is 7. The zero-order chi connectivity index (χ0) is 14.4. The summed E-state index contributed by atoms with van der Waals surface area (Å²) >= 11 is 0. The summed E-state index contributed by atoms with van der Waals surface area (Å²) in [6, 6.07) is 0. The number of furan rings is 1. The van der Waals surface area contributed by atoms with E-state index in [-0.39, 0.29) is 5.91 Å². The third kappa shape index (κ3) is 3.81. The van der Waals surface area contributed by atoms with E-state index in [0.717, 1.165) is 17.7 Å². The standard InChI is InChI=1S/C14H24N2O3/c1-10-11(2)19-12(3)13(10)14(17)16(7-5-6-15)8-9-18-4/h5-9,15H2,1-4H3. The highest BCUT2D eigenvalue weighted by molar-refractivity contribution is 5.96. The molecule has 0 fully saturated rings. The van der Waals surface area contributed by atoms with Gasteiger partial charge in [-0.2, -0.15) is 0 Å². The van der Waals surface area contributed by atoms with Crippen molar-refractivity contribution in [2.45, 2.75) is 27.2 Å². The second-order valence-electron chi connectivity index (χ2n) is 4.64. The van der Waals surface area contributed by atoms with Crippen molar-refractivity contribution in [1.29, 1.82) is 0 Å². The lowest BCUT2D eigenvalue weighted by molar-refractivity contribution is 0.0692. The summed E-state index contributed by atoms with van der Waals surface area (Å²) in [7, 11) is 1.63. The van der Waals surface area contributed by atoms with Crippen LogP contribution in [0.3, 0.4) is 0 Å². The molecule has 2 N–H and O–H groups in total. The molecule has 5 heteroatoms. The number of nitrogens with two attached hydrogens (primary N) is 1. The van der Waals surface area contributed by atoms with Crippen molar-refractivity contribution in [3.05, 3.63) is 22.6 Å². The summed E-state index contributed by atoms with van der Waals surface area (Å²) in [6.45, 7) is 7.91. The largest absolute Gasteiger partial charge is 0.466 e. The minimum Gasteiger partial charge on any atom is -0.466 e. The van der Waals surface area contributed by atoms with Gasteiger partial charge in [0.2, 0.25) is 0 Å². The van der Waals surface area contributed by atoms with Gasteiger partial charge < -0.3 is 19.8 Å². The Morgan fingerprint density at radius 2 is 1.95 bits per heavy atom. The van der Waals surface area contributed by atoms with Gasteiger partial charge >= 0.3 is 0 Å². The molecule has 5 nitrogen and oxygen atoms in total. The lowest BCUT2D eigenvalue weighted by Gasteiger charge is -2.22. The molecule has 1 heterocycles. The van der Waals surface area contributed by atoms with Crippen LogP contribution >= 0.6 is 0 Å². The van der Waals surface area contributed by atoms with Gasteiger partial charge in [0.15, 0.2) is 0 Å². The maximum absolute atomic E-state index is 12.6. The van der Waals surface area contributed by atoms with Crippen molar-refractivity contribution in [3.63, 3.8) is 0 Å². The maximum Gasteiger partial charge on any atom is 0.257 e. The highest BCUT2D eigenvalue weighted by Gasteiger charge is 2.23. The number of ether oxygens (including phenoxy) is 1. The number of amides is 1. The fourth-order valence-electron chi connectivity index (χ4n) is 2.06. The normalized spacial score (nSPS) is 10.8. The molecular weight excluding hydrogens is 244 g/mol. The van der Waals surface area contributed by atoms with Crippen molar-refractivity contribution in [2.75, 3.05) is 33.4 Å². The molecule has 1 aromatic heterocycles. The number of methoxy groups -OCH3 is 1. The minimum absolute atomic E-state index is 0.00245. The Morgan fingerprint density at radius 3 is 2.42 bits per heavy atom. The van der Waals surface area contributed by atoms with Gasteiger partial charge in [-0.25, -0.2) is 0 Å². The Balaban J connectivity index is 2.90. The van der Waals surface area contributed by atoms with Crippen LogP contribution in [-0.2, 0) is 4.74 Å². The average molecular weight is 268 g/mol. The summed E-state index contributed by atoms with van der Waals surface area (Å²) in [5.41, 5.74) is 7.11. The number of carbonyl (C=O) groups excluding carboxylic acids is 1. The van der Waals surface area contributed by atoms with Crippen LogP contribution in [0.2, 0.25) is 0 Å². The number of hydrogen-bond acceptors (Lipinski definition) is 4. The fourth-order valence-corrected chi connectivity index (χ4v) is 2.06. The van der Waals surface area contributed by atoms with Gasteiger partial charge in [-0.3, -0.25) is 4.79 Å². The van der Waals surface area contributed by atoms with E-state index in [9.17, 15) is 4.79 Å². The molecule has 0 saturated carbocycles. The summed E-state index contributed by atoms with van der Waals surface area (Å²) in [5, 5.41) is 0. The molecule has 0 aliphatic heterocycles. The second-order valence-corrected chi connectivity index (χ2v) is 4.64. The zero-order valence-electron chi connectivity index (χ0n) is 12.3. The van der Waals surface area contributed by atoms with Crippen LogP contribution in [-0.4, -0.2) is 44.2 Å². The summed E-state index contributed by atoms with van der Waals surface area (Å²) in [6.07, 6.45) is 0.782. The Bertz CT molecular complexity index is 419. The molecule has 0 atom stereocenters. The van der Waals surface area contributed by atoms with Gasteiger partial charge in [0.05, 0.1) is 12.2 Å². The van der Waals surface area contributed by atoms with Crippen LogP contribution in [0.1, 0.15) is 33.9 Å². The van der Waals surface area contributed by atoms with E-state index in [4.69, 9.17) is 14.9 Å². The lowest BCUT2D eigenvalue weighted by Crippen LogP contribution is -2.36. The number of aryl methyl sites for hydroxylation is 2. The van der Waals surface area contributed by atoms with Gasteiger partial charge in [0.1, 0.15) is 11.5 Å². The van der Waals surface area contributed by atoms with Crippen molar-refractivity contribution in [2.24, 2.45) is 5.73 Å². The average Bonchev–Trinajstić information content (AvgIpc) is 2.63. The van der Waals surface area contributed by atoms with E-state index >= 15 is 0 Å². The fraction of sp³-hybridized carbons (Fsp3) is 0.643. The molecule has 0 aliphatic carbocycles. The van der Waals surface area contributed by atoms with Gasteiger partial charge in [0, 0.05) is 25.8 Å². The molecule has 1 aromatic rings. The maximum atomic E-state index is 12.6. The highest BCUT2D eigenvalue weighted by Crippen LogP contribution is 2.22. The molecule has 0 aliphatic rings. The molecular formula is C14H24N2O3.